The van der Waals surface area contributed by atoms with Crippen LogP contribution in [-0.4, -0.2) is 0 Å². The second-order valence-electron chi connectivity index (χ2n) is 31.4. The summed E-state index contributed by atoms with van der Waals surface area (Å²) in [5.41, 5.74) is 39.0. The molecule has 6 aliphatic carbocycles. The number of allylic oxidation sites excluding steroid dienone is 4. The minimum Gasteiger partial charge on any atom is -0.358 e. The van der Waals surface area contributed by atoms with E-state index in [-0.39, 0.29) is 67.8 Å². The summed E-state index contributed by atoms with van der Waals surface area (Å²) >= 11 is 3.64. The number of hydrogen-bond acceptors (Lipinski definition) is 2. The van der Waals surface area contributed by atoms with E-state index in [1.165, 1.54) is 138 Å². The van der Waals surface area contributed by atoms with Gasteiger partial charge in [-0.15, -0.1) is 0 Å². The van der Waals surface area contributed by atoms with Crippen molar-refractivity contribution < 1.29 is 20.4 Å². The van der Waals surface area contributed by atoms with Crippen LogP contribution in [0.25, 0.3) is 62.8 Å². The average molecular weight is 1510 g/mol. The molecule has 522 valence electrons. The molecule has 0 radical (unpaired) electrons. The Kier molecular flexibility index (Phi) is 18.9. The molecule has 0 fully saturated rings. The van der Waals surface area contributed by atoms with Gasteiger partial charge in [0.15, 0.2) is 0 Å². The molecule has 0 saturated carbocycles. The molecular formula is C100H94BrN2Pd-. The Balaban J connectivity index is 0.000000151. The summed E-state index contributed by atoms with van der Waals surface area (Å²) in [4.78, 5) is 4.70. The van der Waals surface area contributed by atoms with Crippen molar-refractivity contribution in [3.8, 4) is 22.3 Å². The number of halogens is 1. The van der Waals surface area contributed by atoms with Gasteiger partial charge < -0.3 is 17.2 Å². The zero-order valence-corrected chi connectivity index (χ0v) is 64.7. The van der Waals surface area contributed by atoms with Crippen LogP contribution in [0.1, 0.15) is 174 Å². The van der Waals surface area contributed by atoms with Gasteiger partial charge in [-0.3, -0.25) is 0 Å². The molecule has 4 heteroatoms. The van der Waals surface area contributed by atoms with Gasteiger partial charge in [-0.05, 0) is 213 Å². The molecule has 6 aliphatic rings. The normalized spacial score (nSPS) is 16.1. The van der Waals surface area contributed by atoms with Crippen molar-refractivity contribution in [2.24, 2.45) is 0 Å². The maximum absolute atomic E-state index is 3.88. The molecule has 104 heavy (non-hydrogen) atoms. The first-order chi connectivity index (χ1) is 48.5. The Bertz CT molecular complexity index is 5420. The van der Waals surface area contributed by atoms with Gasteiger partial charge >= 0.3 is 0 Å². The Hall–Kier alpha value is -9.66. The van der Waals surface area contributed by atoms with E-state index in [1.807, 2.05) is 6.08 Å². The first kappa shape index (κ1) is 72.7. The van der Waals surface area contributed by atoms with Gasteiger partial charge in [-0.2, -0.15) is 0 Å². The van der Waals surface area contributed by atoms with Gasteiger partial charge in [0, 0.05) is 91.5 Å². The monoisotopic (exact) mass is 1510 g/mol. The Labute approximate surface area is 642 Å². The molecule has 0 saturated heterocycles. The predicted octanol–water partition coefficient (Wildman–Crippen LogP) is 28.3. The van der Waals surface area contributed by atoms with E-state index in [9.17, 15) is 0 Å². The standard InChI is InChI=1S/C49H43N.C29H25N.C20H19Br.CH4.CH3.Pd/c1-47(2)41-18-12-10-16-37(41)38-29-27-36(31-44(38)47)50(34-14-8-7-9-15-34)35-25-22-32(23-26-35)20-21-33-24-28-40-43(30-33)49(5,6)45-39-17-11-13-19-42(39)48(3,4)46(40)45;1-4-21-14-16-23(17-15-21)30(22-10-6-5-7-11-22)24-18-19-26-25-12-8-9-13-27(25)29(2,3)28(26)20-24;1-19(2)15-8-6-5-7-13(15)17-18(19)14-10-9-12(21)11-16(14)20(17,3)4;;;/h7-31H,1-6H3;4-20H,1H2,2-3H3;5-11H,1-4H3;1H4;1H3;/q;;;;-1;/b21-20+;;;;;. The Morgan fingerprint density at radius 1 is 0.260 bits per heavy atom. The minimum absolute atomic E-state index is 0. The van der Waals surface area contributed by atoms with Crippen LogP contribution in [0.4, 0.5) is 34.1 Å². The van der Waals surface area contributed by atoms with E-state index in [4.69, 9.17) is 0 Å². The molecule has 0 aromatic heterocycles. The van der Waals surface area contributed by atoms with Gasteiger partial charge in [0.25, 0.3) is 0 Å². The molecule has 0 spiro atoms. The van der Waals surface area contributed by atoms with E-state index in [2.05, 4.69) is 407 Å². The molecule has 12 aromatic rings. The molecule has 12 aromatic carbocycles. The molecule has 0 bridgehead atoms. The van der Waals surface area contributed by atoms with Crippen LogP contribution in [0, 0.1) is 7.43 Å². The molecular weight excluding hydrogens is 1420 g/mol. The third kappa shape index (κ3) is 11.6. The van der Waals surface area contributed by atoms with Crippen LogP contribution in [0.2, 0.25) is 0 Å². The fourth-order valence-electron chi connectivity index (χ4n) is 18.2. The van der Waals surface area contributed by atoms with Crippen molar-refractivity contribution in [2.75, 3.05) is 9.80 Å². The number of rotatable bonds is 9. The summed E-state index contributed by atoms with van der Waals surface area (Å²) < 4.78 is 1.17. The van der Waals surface area contributed by atoms with E-state index in [0.717, 1.165) is 28.3 Å². The maximum atomic E-state index is 3.88. The van der Waals surface area contributed by atoms with E-state index in [0.29, 0.717) is 0 Å². The van der Waals surface area contributed by atoms with Crippen molar-refractivity contribution in [3.63, 3.8) is 0 Å². The summed E-state index contributed by atoms with van der Waals surface area (Å²) in [6.45, 7) is 32.3. The first-order valence-electron chi connectivity index (χ1n) is 35.9. The maximum Gasteiger partial charge on any atom is 0.0465 e. The number of benzene rings is 12. The van der Waals surface area contributed by atoms with Crippen LogP contribution >= 0.6 is 15.9 Å². The zero-order chi connectivity index (χ0) is 70.1. The van der Waals surface area contributed by atoms with Crippen molar-refractivity contribution in [1.29, 1.82) is 0 Å². The van der Waals surface area contributed by atoms with Crippen LogP contribution < -0.4 is 9.80 Å². The second-order valence-corrected chi connectivity index (χ2v) is 32.4. The number of nitrogens with zero attached hydrogens (tertiary/aromatic N) is 2. The van der Waals surface area contributed by atoms with Gasteiger partial charge in [-0.1, -0.05) is 325 Å². The van der Waals surface area contributed by atoms with Crippen LogP contribution in [0.5, 0.6) is 0 Å². The van der Waals surface area contributed by atoms with Crippen molar-refractivity contribution in [1.82, 2.24) is 0 Å². The third-order valence-electron chi connectivity index (χ3n) is 23.3. The fourth-order valence-corrected chi connectivity index (χ4v) is 18.6. The van der Waals surface area contributed by atoms with Crippen LogP contribution in [0.15, 0.2) is 290 Å². The zero-order valence-electron chi connectivity index (χ0n) is 61.6. The third-order valence-corrected chi connectivity index (χ3v) is 23.8. The number of hydrogen-bond donors (Lipinski definition) is 0. The van der Waals surface area contributed by atoms with Crippen LogP contribution in [-0.2, 0) is 52.9 Å². The second kappa shape index (κ2) is 27.1. The molecule has 18 rings (SSSR count). The van der Waals surface area contributed by atoms with E-state index in [1.54, 1.807) is 0 Å². The quantitative estimate of drug-likeness (QED) is 0.0807. The molecule has 2 nitrogen and oxygen atoms in total. The summed E-state index contributed by atoms with van der Waals surface area (Å²) in [7, 11) is 0. The Morgan fingerprint density at radius 3 is 0.942 bits per heavy atom. The van der Waals surface area contributed by atoms with Crippen molar-refractivity contribution in [3.05, 3.63) is 381 Å². The molecule has 0 aliphatic heterocycles. The molecule has 0 N–H and O–H groups in total. The van der Waals surface area contributed by atoms with Gasteiger partial charge in [0.2, 0.25) is 0 Å². The molecule has 0 amide bonds. The molecule has 0 heterocycles. The Morgan fingerprint density at radius 2 is 0.529 bits per heavy atom. The minimum atomic E-state index is -0.0530. The van der Waals surface area contributed by atoms with Crippen LogP contribution in [0.3, 0.4) is 0 Å². The fraction of sp³-hybridized carbons (Fsp3) is 0.190. The average Bonchev–Trinajstić information content (AvgIpc) is 1.53. The number of anilines is 6. The summed E-state index contributed by atoms with van der Waals surface area (Å²) in [6, 6.07) is 102. The summed E-state index contributed by atoms with van der Waals surface area (Å²) in [5, 5.41) is 0. The molecule has 0 atom stereocenters. The predicted molar refractivity (Wildman–Crippen MR) is 449 cm³/mol. The van der Waals surface area contributed by atoms with Crippen molar-refractivity contribution >= 4 is 90.6 Å². The van der Waals surface area contributed by atoms with E-state index >= 15 is 0 Å². The smallest absolute Gasteiger partial charge is 0.0465 e. The number of para-hydroxylation sites is 2. The first-order valence-corrected chi connectivity index (χ1v) is 36.7. The van der Waals surface area contributed by atoms with Gasteiger partial charge in [0.05, 0.1) is 0 Å². The number of fused-ring (bicyclic) bond motifs is 14. The summed E-state index contributed by atoms with van der Waals surface area (Å²) in [5.74, 6) is 0. The van der Waals surface area contributed by atoms with E-state index < -0.39 is 0 Å². The van der Waals surface area contributed by atoms with Gasteiger partial charge in [-0.25, -0.2) is 0 Å². The van der Waals surface area contributed by atoms with Gasteiger partial charge in [0.1, 0.15) is 0 Å². The largest absolute Gasteiger partial charge is 0.358 e. The topological polar surface area (TPSA) is 6.48 Å². The SMILES string of the molecule is C.C=Cc1ccc(N(c2ccccc2)c2ccc3c(c2)C(C)(C)c2ccccc2-3)cc1.CC1(C)C2=C(c3ccccc31)C(C)(C)c1cc(/C=C/c3ccc(N(c4ccccc4)c4ccc5c(c4)C(C)(C)c4ccccc4-5)cc3)ccc12.CC1(C)C2=C(c3ccccc31)C(C)(C)c1cc(Br)ccc12.[CH3-].[Pd]. The summed E-state index contributed by atoms with van der Waals surface area (Å²) in [6.07, 6.45) is 6.39. The molecule has 0 unspecified atom stereocenters. The van der Waals surface area contributed by atoms with Crippen molar-refractivity contribution in [2.45, 2.75) is 123 Å².